The van der Waals surface area contributed by atoms with Crippen molar-refractivity contribution < 1.29 is 14.7 Å². The van der Waals surface area contributed by atoms with Crippen molar-refractivity contribution in [1.82, 2.24) is 5.32 Å². The second-order valence-corrected chi connectivity index (χ2v) is 4.54. The number of carboxylic acids is 1. The molecule has 5 nitrogen and oxygen atoms in total. The number of carbonyl (C=O) groups excluding carboxylic acids is 1. The molecule has 1 aromatic rings. The minimum absolute atomic E-state index is 0.0512. The summed E-state index contributed by atoms with van der Waals surface area (Å²) in [6.07, 6.45) is 0.554. The lowest BCUT2D eigenvalue weighted by Crippen LogP contribution is -2.28. The van der Waals surface area contributed by atoms with E-state index in [1.807, 2.05) is 25.1 Å². The molecule has 19 heavy (non-hydrogen) atoms. The number of hydrogen-bond acceptors (Lipinski definition) is 3. The van der Waals surface area contributed by atoms with Gasteiger partial charge < -0.3 is 15.7 Å². The SMILES string of the molecule is CNCC(C)C(=O)Nc1cccc(CCC(=O)O)c1. The Hall–Kier alpha value is -1.88. The summed E-state index contributed by atoms with van der Waals surface area (Å²) in [5, 5.41) is 14.4. The number of amides is 1. The first-order chi connectivity index (χ1) is 9.02. The van der Waals surface area contributed by atoms with E-state index in [0.717, 1.165) is 5.56 Å². The summed E-state index contributed by atoms with van der Waals surface area (Å²) < 4.78 is 0. The van der Waals surface area contributed by atoms with Gasteiger partial charge in [0.1, 0.15) is 0 Å². The fraction of sp³-hybridized carbons (Fsp3) is 0.429. The third-order valence-electron chi connectivity index (χ3n) is 2.78. The van der Waals surface area contributed by atoms with Crippen LogP contribution in [0.5, 0.6) is 0 Å². The predicted octanol–water partition coefficient (Wildman–Crippen LogP) is 1.50. The molecule has 0 spiro atoms. The Morgan fingerprint density at radius 3 is 2.74 bits per heavy atom. The summed E-state index contributed by atoms with van der Waals surface area (Å²) in [4.78, 5) is 22.4. The summed E-state index contributed by atoms with van der Waals surface area (Å²) in [5.74, 6) is -0.991. The predicted molar refractivity (Wildman–Crippen MR) is 74.1 cm³/mol. The van der Waals surface area contributed by atoms with Crippen molar-refractivity contribution in [2.24, 2.45) is 5.92 Å². The molecule has 104 valence electrons. The number of rotatable bonds is 7. The number of aryl methyl sites for hydroxylation is 1. The first-order valence-corrected chi connectivity index (χ1v) is 6.29. The van der Waals surface area contributed by atoms with Gasteiger partial charge in [-0.25, -0.2) is 0 Å². The fourth-order valence-electron chi connectivity index (χ4n) is 1.72. The molecule has 0 saturated carbocycles. The van der Waals surface area contributed by atoms with E-state index in [4.69, 9.17) is 5.11 Å². The lowest BCUT2D eigenvalue weighted by atomic mass is 10.1. The Bertz CT molecular complexity index is 446. The van der Waals surface area contributed by atoms with Gasteiger partial charge in [-0.3, -0.25) is 9.59 Å². The molecule has 5 heteroatoms. The van der Waals surface area contributed by atoms with Gasteiger partial charge in [-0.2, -0.15) is 0 Å². The number of carbonyl (C=O) groups is 2. The second-order valence-electron chi connectivity index (χ2n) is 4.54. The van der Waals surface area contributed by atoms with Gasteiger partial charge in [0.25, 0.3) is 0 Å². The highest BCUT2D eigenvalue weighted by Crippen LogP contribution is 2.13. The molecular weight excluding hydrogens is 244 g/mol. The molecule has 0 saturated heterocycles. The Kier molecular flexibility index (Phi) is 6.02. The molecule has 0 heterocycles. The Morgan fingerprint density at radius 1 is 1.37 bits per heavy atom. The molecule has 0 aliphatic heterocycles. The smallest absolute Gasteiger partial charge is 0.303 e. The molecule has 1 amide bonds. The summed E-state index contributed by atoms with van der Waals surface area (Å²) in [5.41, 5.74) is 1.61. The van der Waals surface area contributed by atoms with Gasteiger partial charge in [-0.1, -0.05) is 19.1 Å². The number of benzene rings is 1. The average Bonchev–Trinajstić information content (AvgIpc) is 2.37. The minimum Gasteiger partial charge on any atom is -0.481 e. The highest BCUT2D eigenvalue weighted by molar-refractivity contribution is 5.92. The first kappa shape index (κ1) is 15.2. The van der Waals surface area contributed by atoms with Gasteiger partial charge >= 0.3 is 5.97 Å². The number of carboxylic acid groups (broad SMARTS) is 1. The van der Waals surface area contributed by atoms with E-state index >= 15 is 0 Å². The molecule has 3 N–H and O–H groups in total. The van der Waals surface area contributed by atoms with E-state index in [0.29, 0.717) is 18.7 Å². The van der Waals surface area contributed by atoms with Gasteiger partial charge in [-0.15, -0.1) is 0 Å². The summed E-state index contributed by atoms with van der Waals surface area (Å²) in [7, 11) is 1.80. The maximum Gasteiger partial charge on any atom is 0.303 e. The maximum absolute atomic E-state index is 11.8. The Labute approximate surface area is 113 Å². The third kappa shape index (κ3) is 5.52. The van der Waals surface area contributed by atoms with Gasteiger partial charge in [0, 0.05) is 24.6 Å². The zero-order valence-electron chi connectivity index (χ0n) is 11.3. The average molecular weight is 264 g/mol. The molecule has 1 rings (SSSR count). The van der Waals surface area contributed by atoms with Crippen molar-refractivity contribution in [2.75, 3.05) is 18.9 Å². The van der Waals surface area contributed by atoms with Crippen LogP contribution in [0.2, 0.25) is 0 Å². The molecular formula is C14H20N2O3. The highest BCUT2D eigenvalue weighted by atomic mass is 16.4. The first-order valence-electron chi connectivity index (χ1n) is 6.29. The van der Waals surface area contributed by atoms with Crippen molar-refractivity contribution in [2.45, 2.75) is 19.8 Å². The molecule has 0 aliphatic rings. The van der Waals surface area contributed by atoms with E-state index in [9.17, 15) is 9.59 Å². The van der Waals surface area contributed by atoms with Crippen LogP contribution in [0.4, 0.5) is 5.69 Å². The third-order valence-corrected chi connectivity index (χ3v) is 2.78. The van der Waals surface area contributed by atoms with Crippen LogP contribution >= 0.6 is 0 Å². The van der Waals surface area contributed by atoms with Crippen LogP contribution in [0.25, 0.3) is 0 Å². The summed E-state index contributed by atoms with van der Waals surface area (Å²) in [6.45, 7) is 2.46. The fourth-order valence-corrected chi connectivity index (χ4v) is 1.72. The zero-order valence-corrected chi connectivity index (χ0v) is 11.3. The van der Waals surface area contributed by atoms with Gasteiger partial charge in [0.2, 0.25) is 5.91 Å². The quantitative estimate of drug-likeness (QED) is 0.697. The molecule has 0 radical (unpaired) electrons. The Balaban J connectivity index is 2.61. The number of nitrogens with one attached hydrogen (secondary N) is 2. The number of aliphatic carboxylic acids is 1. The highest BCUT2D eigenvalue weighted by Gasteiger charge is 2.11. The molecule has 1 atom stereocenters. The van der Waals surface area contributed by atoms with E-state index in [1.165, 1.54) is 0 Å². The van der Waals surface area contributed by atoms with E-state index in [-0.39, 0.29) is 18.2 Å². The zero-order chi connectivity index (χ0) is 14.3. The van der Waals surface area contributed by atoms with Gasteiger partial charge in [0.05, 0.1) is 0 Å². The van der Waals surface area contributed by atoms with Gasteiger partial charge in [0.15, 0.2) is 0 Å². The normalized spacial score (nSPS) is 11.9. The van der Waals surface area contributed by atoms with E-state index in [2.05, 4.69) is 10.6 Å². The van der Waals surface area contributed by atoms with Crippen LogP contribution in [-0.4, -0.2) is 30.6 Å². The largest absolute Gasteiger partial charge is 0.481 e. The second kappa shape index (κ2) is 7.53. The van der Waals surface area contributed by atoms with Crippen molar-refractivity contribution in [3.05, 3.63) is 29.8 Å². The van der Waals surface area contributed by atoms with Crippen LogP contribution in [0.1, 0.15) is 18.9 Å². The van der Waals surface area contributed by atoms with Crippen molar-refractivity contribution in [3.8, 4) is 0 Å². The van der Waals surface area contributed by atoms with Crippen molar-refractivity contribution >= 4 is 17.6 Å². The molecule has 1 unspecified atom stereocenters. The minimum atomic E-state index is -0.822. The molecule has 1 aromatic carbocycles. The van der Waals surface area contributed by atoms with Crippen LogP contribution in [0.15, 0.2) is 24.3 Å². The summed E-state index contributed by atoms with van der Waals surface area (Å²) >= 11 is 0. The van der Waals surface area contributed by atoms with E-state index < -0.39 is 5.97 Å². The number of hydrogen-bond donors (Lipinski definition) is 3. The Morgan fingerprint density at radius 2 is 2.11 bits per heavy atom. The molecule has 0 bridgehead atoms. The lowest BCUT2D eigenvalue weighted by Gasteiger charge is -2.12. The van der Waals surface area contributed by atoms with Crippen LogP contribution in [-0.2, 0) is 16.0 Å². The molecule has 0 aromatic heterocycles. The van der Waals surface area contributed by atoms with Crippen molar-refractivity contribution in [1.29, 1.82) is 0 Å². The van der Waals surface area contributed by atoms with Gasteiger partial charge in [-0.05, 0) is 31.2 Å². The van der Waals surface area contributed by atoms with Crippen LogP contribution in [0.3, 0.4) is 0 Å². The van der Waals surface area contributed by atoms with Crippen LogP contribution < -0.4 is 10.6 Å². The monoisotopic (exact) mass is 264 g/mol. The van der Waals surface area contributed by atoms with E-state index in [1.54, 1.807) is 13.1 Å². The van der Waals surface area contributed by atoms with Crippen LogP contribution in [0, 0.1) is 5.92 Å². The molecule has 0 aliphatic carbocycles. The topological polar surface area (TPSA) is 78.4 Å². The maximum atomic E-state index is 11.8. The number of anilines is 1. The molecule has 0 fully saturated rings. The standard InChI is InChI=1S/C14H20N2O3/c1-10(9-15-2)14(19)16-12-5-3-4-11(8-12)6-7-13(17)18/h3-5,8,10,15H,6-7,9H2,1-2H3,(H,16,19)(H,17,18). The summed E-state index contributed by atoms with van der Waals surface area (Å²) in [6, 6.07) is 7.28. The van der Waals surface area contributed by atoms with Crippen molar-refractivity contribution in [3.63, 3.8) is 0 Å². The lowest BCUT2D eigenvalue weighted by molar-refractivity contribution is -0.137.